The first kappa shape index (κ1) is 20.6. The minimum Gasteiger partial charge on any atom is -0.396 e. The topological polar surface area (TPSA) is 54.4 Å². The first-order valence-corrected chi connectivity index (χ1v) is 11.1. The average molecular weight is 389 g/mol. The minimum atomic E-state index is -0.0976. The van der Waals surface area contributed by atoms with Crippen LogP contribution in [-0.4, -0.2) is 29.0 Å². The Hall–Kier alpha value is -1.13. The molecule has 0 radical (unpaired) electrons. The van der Waals surface area contributed by atoms with E-state index in [0.717, 1.165) is 19.3 Å². The van der Waals surface area contributed by atoms with Crippen molar-refractivity contribution in [2.75, 3.05) is 12.4 Å². The van der Waals surface area contributed by atoms with Crippen LogP contribution in [0.3, 0.4) is 0 Å². The van der Waals surface area contributed by atoms with E-state index in [1.165, 1.54) is 29.8 Å². The lowest BCUT2D eigenvalue weighted by Gasteiger charge is -2.58. The van der Waals surface area contributed by atoms with E-state index < -0.39 is 0 Å². The molecule has 0 aromatic heterocycles. The van der Waals surface area contributed by atoms with Crippen LogP contribution in [0.25, 0.3) is 0 Å². The van der Waals surface area contributed by atoms with Gasteiger partial charge in [0.25, 0.3) is 0 Å². The van der Waals surface area contributed by atoms with E-state index >= 15 is 0 Å². The number of allylic oxidation sites excluding steroid dienone is 6. The number of carbonyl (C=O) groups is 2. The third-order valence-corrected chi connectivity index (χ3v) is 8.62. The molecular formula is C23H32O3S. The second kappa shape index (κ2) is 7.71. The van der Waals surface area contributed by atoms with E-state index in [1.54, 1.807) is 6.08 Å². The van der Waals surface area contributed by atoms with Crippen LogP contribution in [-0.2, 0) is 9.59 Å². The molecule has 3 nitrogen and oxygen atoms in total. The summed E-state index contributed by atoms with van der Waals surface area (Å²) < 4.78 is 0. The van der Waals surface area contributed by atoms with Crippen molar-refractivity contribution in [1.82, 2.24) is 0 Å². The van der Waals surface area contributed by atoms with Crippen molar-refractivity contribution in [3.8, 4) is 0 Å². The molecule has 27 heavy (non-hydrogen) atoms. The standard InChI is InChI=1S/C23H32O3S/c1-15-6-5-7-20-22(15,3)9-8-16(2)23(20,4)14-17-12-18(25)13-19(21(17)26)27-11-10-24/h6,12-13,16,20,24H,5,7-11,14H2,1-4H3/t16-,20+,22+,23+/m0/s1. The van der Waals surface area contributed by atoms with Crippen LogP contribution >= 0.6 is 11.8 Å². The van der Waals surface area contributed by atoms with Crippen molar-refractivity contribution in [1.29, 1.82) is 0 Å². The first-order valence-electron chi connectivity index (χ1n) is 10.1. The molecule has 1 N–H and O–H groups in total. The van der Waals surface area contributed by atoms with Gasteiger partial charge in [0, 0.05) is 17.4 Å². The van der Waals surface area contributed by atoms with Gasteiger partial charge in [-0.3, -0.25) is 9.59 Å². The number of ketones is 2. The fraction of sp³-hybridized carbons (Fsp3) is 0.652. The Morgan fingerprint density at radius 1 is 1.22 bits per heavy atom. The Bertz CT molecular complexity index is 732. The summed E-state index contributed by atoms with van der Waals surface area (Å²) in [7, 11) is 0. The lowest BCUT2D eigenvalue weighted by Crippen LogP contribution is -2.50. The second-order valence-corrected chi connectivity index (χ2v) is 10.2. The zero-order valence-corrected chi connectivity index (χ0v) is 17.8. The van der Waals surface area contributed by atoms with Crippen molar-refractivity contribution in [2.24, 2.45) is 22.7 Å². The van der Waals surface area contributed by atoms with Gasteiger partial charge in [0.05, 0.1) is 11.5 Å². The van der Waals surface area contributed by atoms with E-state index in [4.69, 9.17) is 5.11 Å². The highest BCUT2D eigenvalue weighted by Crippen LogP contribution is 2.62. The van der Waals surface area contributed by atoms with Gasteiger partial charge in [0.1, 0.15) is 0 Å². The van der Waals surface area contributed by atoms with Crippen LogP contribution in [0.15, 0.2) is 34.3 Å². The van der Waals surface area contributed by atoms with E-state index in [0.29, 0.717) is 34.5 Å². The molecule has 0 bridgehead atoms. The molecule has 0 heterocycles. The van der Waals surface area contributed by atoms with E-state index in [-0.39, 0.29) is 29.0 Å². The zero-order valence-electron chi connectivity index (χ0n) is 17.0. The van der Waals surface area contributed by atoms with Crippen LogP contribution in [0.5, 0.6) is 0 Å². The van der Waals surface area contributed by atoms with Gasteiger partial charge in [0.15, 0.2) is 11.6 Å². The highest BCUT2D eigenvalue weighted by Gasteiger charge is 2.53. The van der Waals surface area contributed by atoms with Gasteiger partial charge < -0.3 is 5.11 Å². The van der Waals surface area contributed by atoms with Crippen molar-refractivity contribution in [3.63, 3.8) is 0 Å². The number of thioether (sulfide) groups is 1. The first-order chi connectivity index (χ1) is 12.7. The molecule has 3 aliphatic carbocycles. The summed E-state index contributed by atoms with van der Waals surface area (Å²) in [5.74, 6) is 1.37. The molecule has 0 spiro atoms. The Kier molecular flexibility index (Phi) is 5.88. The number of aliphatic hydroxyl groups excluding tert-OH is 1. The van der Waals surface area contributed by atoms with Gasteiger partial charge in [-0.25, -0.2) is 0 Å². The molecule has 3 rings (SSSR count). The summed E-state index contributed by atoms with van der Waals surface area (Å²) in [6.45, 7) is 9.33. The molecular weight excluding hydrogens is 356 g/mol. The highest BCUT2D eigenvalue weighted by atomic mass is 32.2. The van der Waals surface area contributed by atoms with E-state index in [1.807, 2.05) is 0 Å². The molecule has 0 aliphatic heterocycles. The Morgan fingerprint density at radius 2 is 1.96 bits per heavy atom. The quantitative estimate of drug-likeness (QED) is 0.540. The third kappa shape index (κ3) is 3.63. The minimum absolute atomic E-state index is 0.00329. The average Bonchev–Trinajstić information content (AvgIpc) is 2.62. The predicted molar refractivity (Wildman–Crippen MR) is 111 cm³/mol. The summed E-state index contributed by atoms with van der Waals surface area (Å²) in [6, 6.07) is 0. The summed E-state index contributed by atoms with van der Waals surface area (Å²) in [6.07, 6.45) is 10.7. The Morgan fingerprint density at radius 3 is 2.67 bits per heavy atom. The normalized spacial score (nSPS) is 36.7. The molecule has 1 saturated carbocycles. The molecule has 0 amide bonds. The molecule has 0 saturated heterocycles. The molecule has 0 aromatic rings. The number of Topliss-reactive ketones (excluding diaryl/α,β-unsaturated/α-hetero) is 1. The number of hydrogen-bond donors (Lipinski definition) is 1. The largest absolute Gasteiger partial charge is 0.396 e. The van der Waals surface area contributed by atoms with Gasteiger partial charge in [-0.05, 0) is 67.8 Å². The summed E-state index contributed by atoms with van der Waals surface area (Å²) >= 11 is 1.29. The molecule has 148 valence electrons. The number of hydrogen-bond acceptors (Lipinski definition) is 4. The SMILES string of the molecule is CC1=CCC[C@H]2[C@](C)(CC3=CC(=O)C=C(SCCO)C3=O)[C@@H](C)CC[C@]12C. The summed E-state index contributed by atoms with van der Waals surface area (Å²) in [5, 5.41) is 9.07. The lowest BCUT2D eigenvalue weighted by molar-refractivity contribution is -0.115. The summed E-state index contributed by atoms with van der Waals surface area (Å²) in [4.78, 5) is 25.7. The Balaban J connectivity index is 1.89. The number of rotatable bonds is 5. The van der Waals surface area contributed by atoms with Crippen LogP contribution in [0.4, 0.5) is 0 Å². The molecule has 4 heteroatoms. The van der Waals surface area contributed by atoms with Crippen molar-refractivity contribution in [2.45, 2.75) is 59.8 Å². The third-order valence-electron chi connectivity index (χ3n) is 7.62. The fourth-order valence-electron chi connectivity index (χ4n) is 5.65. The van der Waals surface area contributed by atoms with Gasteiger partial charge in [0.2, 0.25) is 0 Å². The smallest absolute Gasteiger partial charge is 0.195 e. The van der Waals surface area contributed by atoms with Crippen LogP contribution in [0.2, 0.25) is 0 Å². The highest BCUT2D eigenvalue weighted by molar-refractivity contribution is 8.04. The van der Waals surface area contributed by atoms with Crippen molar-refractivity contribution in [3.05, 3.63) is 34.3 Å². The van der Waals surface area contributed by atoms with Gasteiger partial charge >= 0.3 is 0 Å². The molecule has 0 aromatic carbocycles. The van der Waals surface area contributed by atoms with Crippen LogP contribution in [0, 0.1) is 22.7 Å². The van der Waals surface area contributed by atoms with Gasteiger partial charge in [-0.1, -0.05) is 32.4 Å². The molecule has 0 unspecified atom stereocenters. The zero-order chi connectivity index (χ0) is 19.8. The Labute approximate surface area is 167 Å². The number of aliphatic hydroxyl groups is 1. The van der Waals surface area contributed by atoms with E-state index in [9.17, 15) is 9.59 Å². The lowest BCUT2D eigenvalue weighted by atomic mass is 9.46. The molecule has 4 atom stereocenters. The maximum atomic E-state index is 13.0. The number of fused-ring (bicyclic) bond motifs is 1. The van der Waals surface area contributed by atoms with Gasteiger partial charge in [-0.2, -0.15) is 0 Å². The van der Waals surface area contributed by atoms with E-state index in [2.05, 4.69) is 33.8 Å². The maximum absolute atomic E-state index is 13.0. The second-order valence-electron chi connectivity index (χ2n) is 9.04. The number of carbonyl (C=O) groups excluding carboxylic acids is 2. The monoisotopic (exact) mass is 388 g/mol. The van der Waals surface area contributed by atoms with Crippen LogP contribution in [0.1, 0.15) is 59.8 Å². The molecule has 3 aliphatic rings. The van der Waals surface area contributed by atoms with Crippen molar-refractivity contribution < 1.29 is 14.7 Å². The summed E-state index contributed by atoms with van der Waals surface area (Å²) in [5.41, 5.74) is 2.37. The van der Waals surface area contributed by atoms with Crippen LogP contribution < -0.4 is 0 Å². The van der Waals surface area contributed by atoms with Gasteiger partial charge in [-0.15, -0.1) is 11.8 Å². The molecule has 1 fully saturated rings. The predicted octanol–water partition coefficient (Wildman–Crippen LogP) is 4.86. The fourth-order valence-corrected chi connectivity index (χ4v) is 6.42. The van der Waals surface area contributed by atoms with Crippen molar-refractivity contribution >= 4 is 23.3 Å². The maximum Gasteiger partial charge on any atom is 0.195 e.